The topological polar surface area (TPSA) is 55.5 Å². The average molecular weight is 410 g/mol. The monoisotopic (exact) mass is 409 g/mol. The molecule has 0 fully saturated rings. The number of ether oxygens (including phenoxy) is 1. The Labute approximate surface area is 163 Å². The molecule has 0 aliphatic heterocycles. The van der Waals surface area contributed by atoms with Crippen LogP contribution in [0.3, 0.4) is 0 Å². The molecule has 1 heterocycles. The van der Waals surface area contributed by atoms with E-state index in [1.165, 1.54) is 42.5 Å². The molecule has 0 aliphatic carbocycles. The van der Waals surface area contributed by atoms with Gasteiger partial charge in [0.2, 0.25) is 0 Å². The molecule has 0 saturated carbocycles. The lowest BCUT2D eigenvalue weighted by Gasteiger charge is -2.10. The van der Waals surface area contributed by atoms with Gasteiger partial charge in [-0.2, -0.15) is 13.2 Å². The first-order valence-electron chi connectivity index (χ1n) is 8.10. The van der Waals surface area contributed by atoms with E-state index in [-0.39, 0.29) is 34.8 Å². The molecular formula is C20H15ClF3NO3. The molecule has 0 aliphatic rings. The molecule has 0 saturated heterocycles. The van der Waals surface area contributed by atoms with E-state index in [4.69, 9.17) is 20.9 Å². The Morgan fingerprint density at radius 1 is 1.21 bits per heavy atom. The minimum atomic E-state index is -4.74. The smallest absolute Gasteiger partial charge is 0.437 e. The van der Waals surface area contributed by atoms with Gasteiger partial charge in [0.1, 0.15) is 18.1 Å². The third kappa shape index (κ3) is 4.14. The summed E-state index contributed by atoms with van der Waals surface area (Å²) >= 11 is 5.83. The molecule has 0 atom stereocenters. The number of halogens is 4. The molecule has 146 valence electrons. The van der Waals surface area contributed by atoms with Gasteiger partial charge in [-0.1, -0.05) is 35.5 Å². The van der Waals surface area contributed by atoms with Crippen LogP contribution in [0.1, 0.15) is 12.6 Å². The van der Waals surface area contributed by atoms with E-state index < -0.39 is 11.9 Å². The maximum atomic E-state index is 13.4. The van der Waals surface area contributed by atoms with Gasteiger partial charge in [0.05, 0.1) is 11.1 Å². The van der Waals surface area contributed by atoms with Crippen molar-refractivity contribution in [3.8, 4) is 33.9 Å². The first-order valence-corrected chi connectivity index (χ1v) is 8.48. The van der Waals surface area contributed by atoms with Crippen molar-refractivity contribution in [2.24, 2.45) is 0 Å². The van der Waals surface area contributed by atoms with Crippen molar-refractivity contribution in [2.75, 3.05) is 6.61 Å². The van der Waals surface area contributed by atoms with E-state index in [1.54, 1.807) is 6.92 Å². The van der Waals surface area contributed by atoms with E-state index in [1.807, 2.05) is 0 Å². The van der Waals surface area contributed by atoms with Gasteiger partial charge in [-0.15, -0.1) is 0 Å². The van der Waals surface area contributed by atoms with E-state index >= 15 is 0 Å². The van der Waals surface area contributed by atoms with Crippen molar-refractivity contribution in [1.29, 1.82) is 0 Å². The number of hydrogen-bond acceptors (Lipinski definition) is 4. The molecule has 1 aromatic heterocycles. The summed E-state index contributed by atoms with van der Waals surface area (Å²) in [7, 11) is 0. The Kier molecular flexibility index (Phi) is 5.38. The van der Waals surface area contributed by atoms with Crippen molar-refractivity contribution >= 4 is 11.6 Å². The molecule has 4 nitrogen and oxygen atoms in total. The summed E-state index contributed by atoms with van der Waals surface area (Å²) in [6, 6.07) is 9.98. The van der Waals surface area contributed by atoms with Crippen LogP contribution in [0.2, 0.25) is 5.02 Å². The number of aromatic hydroxyl groups is 1. The van der Waals surface area contributed by atoms with Gasteiger partial charge in [-0.25, -0.2) is 0 Å². The van der Waals surface area contributed by atoms with Gasteiger partial charge >= 0.3 is 6.18 Å². The summed E-state index contributed by atoms with van der Waals surface area (Å²) in [5.74, 6) is -0.175. The third-order valence-corrected chi connectivity index (χ3v) is 4.04. The first kappa shape index (κ1) is 19.8. The Morgan fingerprint density at radius 2 is 1.89 bits per heavy atom. The zero-order chi connectivity index (χ0) is 20.5. The second kappa shape index (κ2) is 7.59. The molecule has 1 N–H and O–H groups in total. The number of phenolic OH excluding ortho intramolecular Hbond substituents is 1. The van der Waals surface area contributed by atoms with Crippen LogP contribution in [-0.2, 0) is 6.18 Å². The van der Waals surface area contributed by atoms with Crippen molar-refractivity contribution in [3.63, 3.8) is 0 Å². The third-order valence-electron chi connectivity index (χ3n) is 3.79. The van der Waals surface area contributed by atoms with Crippen LogP contribution in [0, 0.1) is 0 Å². The summed E-state index contributed by atoms with van der Waals surface area (Å²) in [6.45, 7) is 5.73. The fraction of sp³-hybridized carbons (Fsp3) is 0.150. The summed E-state index contributed by atoms with van der Waals surface area (Å²) in [6.07, 6.45) is -4.74. The standard InChI is InChI=1S/C20H15ClF3NO3/c1-11(2)10-27-14-7-8-15(16(26)9-14)18-17(12-3-5-13(21)6-4-12)19(25-28-18)20(22,23)24/h3-9,26H,1,10H2,2H3. The van der Waals surface area contributed by atoms with Crippen LogP contribution in [-0.4, -0.2) is 16.9 Å². The molecule has 0 unspecified atom stereocenters. The zero-order valence-corrected chi connectivity index (χ0v) is 15.4. The van der Waals surface area contributed by atoms with Crippen molar-refractivity contribution < 1.29 is 27.5 Å². The van der Waals surface area contributed by atoms with Crippen molar-refractivity contribution in [1.82, 2.24) is 5.16 Å². The van der Waals surface area contributed by atoms with Crippen LogP contribution < -0.4 is 4.74 Å². The molecule has 0 amide bonds. The maximum absolute atomic E-state index is 13.4. The molecule has 8 heteroatoms. The Morgan fingerprint density at radius 3 is 2.46 bits per heavy atom. The predicted molar refractivity (Wildman–Crippen MR) is 99.4 cm³/mol. The van der Waals surface area contributed by atoms with Crippen LogP contribution >= 0.6 is 11.6 Å². The largest absolute Gasteiger partial charge is 0.507 e. The SMILES string of the molecule is C=C(C)COc1ccc(-c2onc(C(F)(F)F)c2-c2ccc(Cl)cc2)c(O)c1. The Bertz CT molecular complexity index is 1010. The van der Waals surface area contributed by atoms with Crippen molar-refractivity contribution in [2.45, 2.75) is 13.1 Å². The predicted octanol–water partition coefficient (Wildman–Crippen LogP) is 6.34. The second-order valence-corrected chi connectivity index (χ2v) is 6.60. The van der Waals surface area contributed by atoms with Gasteiger partial charge in [-0.05, 0) is 42.3 Å². The van der Waals surface area contributed by atoms with Crippen LogP contribution in [0.25, 0.3) is 22.5 Å². The lowest BCUT2D eigenvalue weighted by Crippen LogP contribution is -2.07. The van der Waals surface area contributed by atoms with E-state index in [2.05, 4.69) is 11.7 Å². The molecule has 0 spiro atoms. The Hall–Kier alpha value is -2.93. The van der Waals surface area contributed by atoms with Gasteiger partial charge < -0.3 is 14.4 Å². The van der Waals surface area contributed by atoms with Crippen molar-refractivity contribution in [3.05, 3.63) is 65.3 Å². The molecule has 0 radical (unpaired) electrons. The average Bonchev–Trinajstić information content (AvgIpc) is 3.06. The highest BCUT2D eigenvalue weighted by atomic mass is 35.5. The highest BCUT2D eigenvalue weighted by molar-refractivity contribution is 6.30. The highest BCUT2D eigenvalue weighted by Gasteiger charge is 2.40. The van der Waals surface area contributed by atoms with Gasteiger partial charge in [-0.3, -0.25) is 0 Å². The van der Waals surface area contributed by atoms with Crippen LogP contribution in [0.15, 0.2) is 59.1 Å². The summed E-state index contributed by atoms with van der Waals surface area (Å²) in [5, 5.41) is 13.9. The summed E-state index contributed by atoms with van der Waals surface area (Å²) < 4.78 is 50.8. The number of benzene rings is 2. The molecule has 3 rings (SSSR count). The lowest BCUT2D eigenvalue weighted by atomic mass is 9.98. The fourth-order valence-electron chi connectivity index (χ4n) is 2.55. The second-order valence-electron chi connectivity index (χ2n) is 6.16. The lowest BCUT2D eigenvalue weighted by molar-refractivity contribution is -0.142. The van der Waals surface area contributed by atoms with Gasteiger partial charge in [0.15, 0.2) is 11.5 Å². The van der Waals surface area contributed by atoms with E-state index in [0.29, 0.717) is 10.8 Å². The number of hydrogen-bond donors (Lipinski definition) is 1. The maximum Gasteiger partial charge on any atom is 0.437 e. The van der Waals surface area contributed by atoms with E-state index in [0.717, 1.165) is 5.57 Å². The number of nitrogens with zero attached hydrogens (tertiary/aromatic N) is 1. The number of rotatable bonds is 5. The highest BCUT2D eigenvalue weighted by Crippen LogP contribution is 2.45. The van der Waals surface area contributed by atoms with Gasteiger partial charge in [0, 0.05) is 11.1 Å². The minimum Gasteiger partial charge on any atom is -0.507 e. The Balaban J connectivity index is 2.11. The van der Waals surface area contributed by atoms with Crippen LogP contribution in [0.4, 0.5) is 13.2 Å². The first-order chi connectivity index (χ1) is 13.2. The summed E-state index contributed by atoms with van der Waals surface area (Å²) in [5.41, 5.74) is -0.439. The van der Waals surface area contributed by atoms with Gasteiger partial charge in [0.25, 0.3) is 0 Å². The quantitative estimate of drug-likeness (QED) is 0.499. The van der Waals surface area contributed by atoms with Crippen LogP contribution in [0.5, 0.6) is 11.5 Å². The molecule has 3 aromatic rings. The minimum absolute atomic E-state index is 0.0515. The molecule has 2 aromatic carbocycles. The number of alkyl halides is 3. The molecular weight excluding hydrogens is 395 g/mol. The van der Waals surface area contributed by atoms with E-state index in [9.17, 15) is 18.3 Å². The number of phenols is 1. The zero-order valence-electron chi connectivity index (χ0n) is 14.7. The fourth-order valence-corrected chi connectivity index (χ4v) is 2.68. The molecule has 0 bridgehead atoms. The normalized spacial score (nSPS) is 11.5. The number of aromatic nitrogens is 1. The summed E-state index contributed by atoms with van der Waals surface area (Å²) in [4.78, 5) is 0. The molecule has 28 heavy (non-hydrogen) atoms.